The van der Waals surface area contributed by atoms with E-state index in [1.165, 1.54) is 18.2 Å². The third-order valence-electron chi connectivity index (χ3n) is 2.80. The van der Waals surface area contributed by atoms with E-state index < -0.39 is 11.9 Å². The van der Waals surface area contributed by atoms with Gasteiger partial charge in [-0.25, -0.2) is 4.39 Å². The molecule has 0 spiro atoms. The third-order valence-corrected chi connectivity index (χ3v) is 2.80. The maximum absolute atomic E-state index is 13.1. The first-order chi connectivity index (χ1) is 8.93. The number of carbonyl (C=O) groups is 1. The molecule has 2 atom stereocenters. The van der Waals surface area contributed by atoms with Crippen LogP contribution < -0.4 is 10.1 Å². The lowest BCUT2D eigenvalue weighted by Gasteiger charge is -2.15. The largest absolute Gasteiger partial charge is 0.483 e. The Hall–Kier alpha value is -1.62. The predicted molar refractivity (Wildman–Crippen MR) is 70.4 cm³/mol. The number of carbonyl (C=O) groups excluding carboxylic acids is 1. The summed E-state index contributed by atoms with van der Waals surface area (Å²) in [7, 11) is 0. The second-order valence-corrected chi connectivity index (χ2v) is 4.52. The first-order valence-electron chi connectivity index (χ1n) is 6.33. The molecular formula is C14H20FNO3. The second kappa shape index (κ2) is 7.09. The number of benzene rings is 1. The molecule has 1 aromatic carbocycles. The minimum Gasteiger partial charge on any atom is -0.483 e. The van der Waals surface area contributed by atoms with Crippen LogP contribution in [0, 0.1) is 5.82 Å². The summed E-state index contributed by atoms with van der Waals surface area (Å²) in [4.78, 5) is 11.6. The predicted octanol–water partition coefficient (Wildman–Crippen LogP) is 2.17. The van der Waals surface area contributed by atoms with Crippen molar-refractivity contribution >= 4 is 5.91 Å². The van der Waals surface area contributed by atoms with Gasteiger partial charge >= 0.3 is 0 Å². The first kappa shape index (κ1) is 15.4. The highest BCUT2D eigenvalue weighted by molar-refractivity contribution is 5.77. The number of hydrogen-bond donors (Lipinski definition) is 2. The highest BCUT2D eigenvalue weighted by Gasteiger charge is 2.12. The molecule has 0 aliphatic heterocycles. The number of aliphatic hydroxyl groups is 1. The van der Waals surface area contributed by atoms with Gasteiger partial charge in [0.1, 0.15) is 11.6 Å². The Bertz CT molecular complexity index is 435. The van der Waals surface area contributed by atoms with Crippen LogP contribution >= 0.6 is 0 Å². The molecule has 0 radical (unpaired) electrons. The van der Waals surface area contributed by atoms with E-state index >= 15 is 0 Å². The van der Waals surface area contributed by atoms with Crippen LogP contribution in [0.2, 0.25) is 0 Å². The summed E-state index contributed by atoms with van der Waals surface area (Å²) in [5, 5.41) is 12.3. The molecule has 0 aliphatic rings. The standard InChI is InChI=1S/C14H20FNO3/c1-4-9(2)16-14(18)8-19-13-7-11(15)5-6-12(13)10(3)17/h5-7,9-10,17H,4,8H2,1-3H3,(H,16,18). The molecule has 0 saturated heterocycles. The SMILES string of the molecule is CCC(C)NC(=O)COc1cc(F)ccc1C(C)O. The molecule has 4 nitrogen and oxygen atoms in total. The molecule has 1 amide bonds. The van der Waals surface area contributed by atoms with E-state index in [0.717, 1.165) is 6.42 Å². The van der Waals surface area contributed by atoms with Gasteiger partial charge in [-0.05, 0) is 32.4 Å². The third kappa shape index (κ3) is 4.87. The molecule has 0 bridgehead atoms. The second-order valence-electron chi connectivity index (χ2n) is 4.52. The minimum atomic E-state index is -0.784. The Morgan fingerprint density at radius 2 is 2.16 bits per heavy atom. The molecule has 106 valence electrons. The summed E-state index contributed by atoms with van der Waals surface area (Å²) in [5.74, 6) is -0.550. The van der Waals surface area contributed by atoms with Crippen molar-refractivity contribution in [3.8, 4) is 5.75 Å². The number of amides is 1. The molecule has 2 N–H and O–H groups in total. The summed E-state index contributed by atoms with van der Waals surface area (Å²) < 4.78 is 18.4. The minimum absolute atomic E-state index is 0.0693. The molecule has 1 rings (SSSR count). The molecular weight excluding hydrogens is 249 g/mol. The fourth-order valence-electron chi connectivity index (χ4n) is 1.54. The topological polar surface area (TPSA) is 58.6 Å². The van der Waals surface area contributed by atoms with E-state index in [1.807, 2.05) is 13.8 Å². The lowest BCUT2D eigenvalue weighted by Crippen LogP contribution is -2.35. The van der Waals surface area contributed by atoms with Gasteiger partial charge in [-0.1, -0.05) is 6.92 Å². The van der Waals surface area contributed by atoms with Crippen LogP contribution in [0.4, 0.5) is 4.39 Å². The van der Waals surface area contributed by atoms with Crippen LogP contribution in [-0.4, -0.2) is 23.7 Å². The number of rotatable bonds is 6. The van der Waals surface area contributed by atoms with Gasteiger partial charge < -0.3 is 15.2 Å². The van der Waals surface area contributed by atoms with Gasteiger partial charge in [0.05, 0.1) is 6.10 Å². The van der Waals surface area contributed by atoms with Gasteiger partial charge in [-0.15, -0.1) is 0 Å². The zero-order chi connectivity index (χ0) is 14.4. The first-order valence-corrected chi connectivity index (χ1v) is 6.33. The van der Waals surface area contributed by atoms with Crippen molar-refractivity contribution in [2.24, 2.45) is 0 Å². The lowest BCUT2D eigenvalue weighted by molar-refractivity contribution is -0.123. The van der Waals surface area contributed by atoms with Crippen LogP contribution in [0.1, 0.15) is 38.9 Å². The van der Waals surface area contributed by atoms with E-state index in [2.05, 4.69) is 5.32 Å². The number of halogens is 1. The van der Waals surface area contributed by atoms with E-state index in [9.17, 15) is 14.3 Å². The monoisotopic (exact) mass is 269 g/mol. The fraction of sp³-hybridized carbons (Fsp3) is 0.500. The van der Waals surface area contributed by atoms with E-state index in [-0.39, 0.29) is 24.3 Å². The van der Waals surface area contributed by atoms with Gasteiger partial charge in [0.15, 0.2) is 6.61 Å². The van der Waals surface area contributed by atoms with Crippen molar-refractivity contribution in [3.63, 3.8) is 0 Å². The van der Waals surface area contributed by atoms with Crippen LogP contribution in [0.3, 0.4) is 0 Å². The molecule has 19 heavy (non-hydrogen) atoms. The van der Waals surface area contributed by atoms with E-state index in [1.54, 1.807) is 6.92 Å². The van der Waals surface area contributed by atoms with Gasteiger partial charge in [0.2, 0.25) is 0 Å². The van der Waals surface area contributed by atoms with Gasteiger partial charge in [-0.3, -0.25) is 4.79 Å². The summed E-state index contributed by atoms with van der Waals surface area (Å²) >= 11 is 0. The van der Waals surface area contributed by atoms with Gasteiger partial charge in [-0.2, -0.15) is 0 Å². The zero-order valence-electron chi connectivity index (χ0n) is 11.4. The Labute approximate surface area is 112 Å². The zero-order valence-corrected chi connectivity index (χ0v) is 11.4. The van der Waals surface area contributed by atoms with Gasteiger partial charge in [0.25, 0.3) is 5.91 Å². The fourth-order valence-corrected chi connectivity index (χ4v) is 1.54. The Morgan fingerprint density at radius 3 is 2.74 bits per heavy atom. The number of nitrogens with one attached hydrogen (secondary N) is 1. The van der Waals surface area contributed by atoms with Crippen LogP contribution in [-0.2, 0) is 4.79 Å². The van der Waals surface area contributed by atoms with Gasteiger partial charge in [0, 0.05) is 17.7 Å². The maximum atomic E-state index is 13.1. The van der Waals surface area contributed by atoms with Crippen molar-refractivity contribution in [2.75, 3.05) is 6.61 Å². The molecule has 0 fully saturated rings. The number of ether oxygens (including phenoxy) is 1. The summed E-state index contributed by atoms with van der Waals surface area (Å²) in [6.07, 6.45) is 0.0400. The smallest absolute Gasteiger partial charge is 0.258 e. The molecule has 0 aromatic heterocycles. The summed E-state index contributed by atoms with van der Waals surface area (Å²) in [5.41, 5.74) is 0.456. The molecule has 5 heteroatoms. The number of aliphatic hydroxyl groups excluding tert-OH is 1. The van der Waals surface area contributed by atoms with E-state index in [0.29, 0.717) is 5.56 Å². The highest BCUT2D eigenvalue weighted by atomic mass is 19.1. The molecule has 1 aromatic rings. The van der Waals surface area contributed by atoms with Crippen LogP contribution in [0.5, 0.6) is 5.75 Å². The number of hydrogen-bond acceptors (Lipinski definition) is 3. The average molecular weight is 269 g/mol. The molecule has 0 saturated carbocycles. The van der Waals surface area contributed by atoms with E-state index in [4.69, 9.17) is 4.74 Å². The van der Waals surface area contributed by atoms with Crippen molar-refractivity contribution in [1.29, 1.82) is 0 Å². The Kier molecular flexibility index (Phi) is 5.76. The summed E-state index contributed by atoms with van der Waals surface area (Å²) in [6, 6.07) is 3.93. The Morgan fingerprint density at radius 1 is 1.47 bits per heavy atom. The lowest BCUT2D eigenvalue weighted by atomic mass is 10.1. The van der Waals surface area contributed by atoms with Crippen molar-refractivity contribution in [3.05, 3.63) is 29.6 Å². The molecule has 0 heterocycles. The Balaban J connectivity index is 2.66. The average Bonchev–Trinajstić information content (AvgIpc) is 2.35. The maximum Gasteiger partial charge on any atom is 0.258 e. The van der Waals surface area contributed by atoms with Crippen molar-refractivity contribution < 1.29 is 19.0 Å². The van der Waals surface area contributed by atoms with Crippen LogP contribution in [0.15, 0.2) is 18.2 Å². The van der Waals surface area contributed by atoms with Crippen LogP contribution in [0.25, 0.3) is 0 Å². The normalized spacial score (nSPS) is 13.7. The summed E-state index contributed by atoms with van der Waals surface area (Å²) in [6.45, 7) is 5.21. The molecule has 2 unspecified atom stereocenters. The quantitative estimate of drug-likeness (QED) is 0.832. The van der Waals surface area contributed by atoms with Crippen molar-refractivity contribution in [1.82, 2.24) is 5.32 Å². The van der Waals surface area contributed by atoms with Crippen molar-refractivity contribution in [2.45, 2.75) is 39.3 Å². The molecule has 0 aliphatic carbocycles. The highest BCUT2D eigenvalue weighted by Crippen LogP contribution is 2.25.